The number of para-hydroxylation sites is 1. The first-order valence-corrected chi connectivity index (χ1v) is 10.5. The number of Topliss-reactive ketones (excluding diaryl/α,β-unsaturated/α-hetero) is 1. The van der Waals surface area contributed by atoms with Crippen LogP contribution in [0.25, 0.3) is 10.9 Å². The monoisotopic (exact) mass is 414 g/mol. The van der Waals surface area contributed by atoms with Crippen molar-refractivity contribution in [1.82, 2.24) is 9.55 Å². The summed E-state index contributed by atoms with van der Waals surface area (Å²) >= 11 is 7.39. The van der Waals surface area contributed by atoms with E-state index in [1.54, 1.807) is 34.9 Å². The molecule has 1 saturated heterocycles. The number of aromatic nitrogens is 2. The van der Waals surface area contributed by atoms with E-state index in [0.717, 1.165) is 12.8 Å². The van der Waals surface area contributed by atoms with Gasteiger partial charge in [0.1, 0.15) is 0 Å². The number of rotatable bonds is 6. The van der Waals surface area contributed by atoms with E-state index in [-0.39, 0.29) is 23.2 Å². The molecule has 5 nitrogen and oxygen atoms in total. The van der Waals surface area contributed by atoms with Crippen LogP contribution < -0.4 is 5.56 Å². The van der Waals surface area contributed by atoms with Gasteiger partial charge in [-0.3, -0.25) is 14.2 Å². The number of hydrogen-bond acceptors (Lipinski definition) is 5. The first-order chi connectivity index (χ1) is 13.6. The predicted molar refractivity (Wildman–Crippen MR) is 111 cm³/mol. The Morgan fingerprint density at radius 3 is 2.79 bits per heavy atom. The van der Waals surface area contributed by atoms with Crippen LogP contribution in [-0.4, -0.2) is 33.8 Å². The lowest BCUT2D eigenvalue weighted by atomic mass is 10.1. The van der Waals surface area contributed by atoms with Gasteiger partial charge in [0.25, 0.3) is 5.56 Å². The van der Waals surface area contributed by atoms with Crippen LogP contribution in [0.5, 0.6) is 0 Å². The van der Waals surface area contributed by atoms with Crippen molar-refractivity contribution < 1.29 is 9.53 Å². The molecule has 1 fully saturated rings. The summed E-state index contributed by atoms with van der Waals surface area (Å²) in [5.74, 6) is 0.0571. The third-order valence-electron chi connectivity index (χ3n) is 4.74. The van der Waals surface area contributed by atoms with Crippen LogP contribution >= 0.6 is 23.4 Å². The highest BCUT2D eigenvalue weighted by atomic mass is 35.5. The van der Waals surface area contributed by atoms with Crippen LogP contribution in [0.2, 0.25) is 5.02 Å². The molecule has 144 valence electrons. The maximum Gasteiger partial charge on any atom is 0.262 e. The SMILES string of the molecule is O=C(CSc1nc2ccccc2c(=O)n1C[C@@H]1CCCO1)c1ccccc1Cl. The molecule has 0 amide bonds. The zero-order chi connectivity index (χ0) is 19.5. The normalized spacial score (nSPS) is 16.5. The Balaban J connectivity index is 1.65. The van der Waals surface area contributed by atoms with E-state index >= 15 is 0 Å². The fourth-order valence-electron chi connectivity index (χ4n) is 3.31. The lowest BCUT2D eigenvalue weighted by Gasteiger charge is -2.16. The minimum absolute atomic E-state index is 0.000665. The Bertz CT molecular complexity index is 1080. The third-order valence-corrected chi connectivity index (χ3v) is 6.05. The van der Waals surface area contributed by atoms with Gasteiger partial charge in [-0.05, 0) is 37.1 Å². The van der Waals surface area contributed by atoms with Gasteiger partial charge in [-0.1, -0.05) is 47.6 Å². The van der Waals surface area contributed by atoms with Gasteiger partial charge in [0, 0.05) is 12.2 Å². The molecule has 2 aromatic carbocycles. The first kappa shape index (κ1) is 19.2. The molecule has 0 unspecified atom stereocenters. The first-order valence-electron chi connectivity index (χ1n) is 9.15. The second-order valence-electron chi connectivity index (χ2n) is 6.65. The standard InChI is InChI=1S/C21H19ClN2O3S/c22-17-9-3-1-7-15(17)19(25)13-28-21-23-18-10-4-2-8-16(18)20(26)24(21)12-14-6-5-11-27-14/h1-4,7-10,14H,5-6,11-13H2/t14-/m0/s1. The highest BCUT2D eigenvalue weighted by Crippen LogP contribution is 2.23. The van der Waals surface area contributed by atoms with E-state index in [0.29, 0.717) is 39.8 Å². The summed E-state index contributed by atoms with van der Waals surface area (Å²) in [7, 11) is 0. The van der Waals surface area contributed by atoms with E-state index in [4.69, 9.17) is 16.3 Å². The number of ether oxygens (including phenoxy) is 1. The molecule has 4 rings (SSSR count). The Morgan fingerprint density at radius 2 is 2.00 bits per heavy atom. The van der Waals surface area contributed by atoms with E-state index < -0.39 is 0 Å². The van der Waals surface area contributed by atoms with Gasteiger partial charge < -0.3 is 4.74 Å². The second kappa shape index (κ2) is 8.47. The third kappa shape index (κ3) is 3.99. The van der Waals surface area contributed by atoms with E-state index in [9.17, 15) is 9.59 Å². The molecule has 0 radical (unpaired) electrons. The van der Waals surface area contributed by atoms with Crippen molar-refractivity contribution in [3.63, 3.8) is 0 Å². The van der Waals surface area contributed by atoms with Crippen LogP contribution in [0.4, 0.5) is 0 Å². The molecule has 3 aromatic rings. The Labute approximate surface area is 171 Å². The van der Waals surface area contributed by atoms with Gasteiger partial charge in [0.05, 0.1) is 34.3 Å². The molecule has 0 N–H and O–H groups in total. The second-order valence-corrected chi connectivity index (χ2v) is 8.00. The molecule has 1 aliphatic rings. The minimum atomic E-state index is -0.103. The number of ketones is 1. The Hall–Kier alpha value is -2.15. The van der Waals surface area contributed by atoms with Crippen molar-refractivity contribution in [2.24, 2.45) is 0 Å². The van der Waals surface area contributed by atoms with E-state index in [2.05, 4.69) is 4.98 Å². The average Bonchev–Trinajstić information content (AvgIpc) is 3.22. The number of thioether (sulfide) groups is 1. The molecule has 0 spiro atoms. The van der Waals surface area contributed by atoms with Crippen molar-refractivity contribution in [3.05, 3.63) is 69.5 Å². The maximum atomic E-state index is 13.1. The lowest BCUT2D eigenvalue weighted by molar-refractivity contribution is 0.0937. The maximum absolute atomic E-state index is 13.1. The summed E-state index contributed by atoms with van der Waals surface area (Å²) in [6, 6.07) is 14.2. The summed E-state index contributed by atoms with van der Waals surface area (Å²) < 4.78 is 7.35. The summed E-state index contributed by atoms with van der Waals surface area (Å²) in [5.41, 5.74) is 1.00. The quantitative estimate of drug-likeness (QED) is 0.343. The number of carbonyl (C=O) groups excluding carboxylic acids is 1. The fourth-order valence-corrected chi connectivity index (χ4v) is 4.44. The highest BCUT2D eigenvalue weighted by Gasteiger charge is 2.21. The number of halogens is 1. The van der Waals surface area contributed by atoms with Crippen LogP contribution in [-0.2, 0) is 11.3 Å². The van der Waals surface area contributed by atoms with Crippen LogP contribution in [0.3, 0.4) is 0 Å². The van der Waals surface area contributed by atoms with Gasteiger partial charge >= 0.3 is 0 Å². The molecular formula is C21H19ClN2O3S. The van der Waals surface area contributed by atoms with Crippen molar-refractivity contribution in [1.29, 1.82) is 0 Å². The Morgan fingerprint density at radius 1 is 1.21 bits per heavy atom. The molecule has 0 aliphatic carbocycles. The topological polar surface area (TPSA) is 61.2 Å². The molecule has 28 heavy (non-hydrogen) atoms. The molecule has 0 bridgehead atoms. The van der Waals surface area contributed by atoms with E-state index in [1.165, 1.54) is 11.8 Å². The predicted octanol–water partition coefficient (Wildman–Crippen LogP) is 4.20. The minimum Gasteiger partial charge on any atom is -0.376 e. The summed E-state index contributed by atoms with van der Waals surface area (Å²) in [6.07, 6.45) is 1.91. The zero-order valence-electron chi connectivity index (χ0n) is 15.1. The molecule has 1 aromatic heterocycles. The largest absolute Gasteiger partial charge is 0.376 e. The summed E-state index contributed by atoms with van der Waals surface area (Å²) in [4.78, 5) is 30.3. The molecule has 0 saturated carbocycles. The van der Waals surface area contributed by atoms with Gasteiger partial charge in [-0.15, -0.1) is 0 Å². The number of fused-ring (bicyclic) bond motifs is 1. The van der Waals surface area contributed by atoms with Crippen LogP contribution in [0.15, 0.2) is 58.5 Å². The van der Waals surface area contributed by atoms with Crippen molar-refractivity contribution in [3.8, 4) is 0 Å². The van der Waals surface area contributed by atoms with Crippen molar-refractivity contribution in [2.75, 3.05) is 12.4 Å². The van der Waals surface area contributed by atoms with Gasteiger partial charge in [0.15, 0.2) is 10.9 Å². The lowest BCUT2D eigenvalue weighted by Crippen LogP contribution is -2.29. The Kier molecular flexibility index (Phi) is 5.80. The van der Waals surface area contributed by atoms with Crippen molar-refractivity contribution in [2.45, 2.75) is 30.6 Å². The van der Waals surface area contributed by atoms with Gasteiger partial charge in [-0.25, -0.2) is 4.98 Å². The van der Waals surface area contributed by atoms with Gasteiger partial charge in [0.2, 0.25) is 0 Å². The van der Waals surface area contributed by atoms with Crippen LogP contribution in [0, 0.1) is 0 Å². The van der Waals surface area contributed by atoms with Crippen molar-refractivity contribution >= 4 is 40.0 Å². The average molecular weight is 415 g/mol. The zero-order valence-corrected chi connectivity index (χ0v) is 16.7. The number of carbonyl (C=O) groups is 1. The molecule has 1 atom stereocenters. The molecule has 2 heterocycles. The number of nitrogens with zero attached hydrogens (tertiary/aromatic N) is 2. The molecule has 7 heteroatoms. The number of benzene rings is 2. The number of hydrogen-bond donors (Lipinski definition) is 0. The van der Waals surface area contributed by atoms with Crippen LogP contribution in [0.1, 0.15) is 23.2 Å². The fraction of sp³-hybridized carbons (Fsp3) is 0.286. The smallest absolute Gasteiger partial charge is 0.262 e. The molecule has 1 aliphatic heterocycles. The van der Waals surface area contributed by atoms with E-state index in [1.807, 2.05) is 18.2 Å². The molecular weight excluding hydrogens is 396 g/mol. The van der Waals surface area contributed by atoms with Gasteiger partial charge in [-0.2, -0.15) is 0 Å². The highest BCUT2D eigenvalue weighted by molar-refractivity contribution is 7.99. The summed E-state index contributed by atoms with van der Waals surface area (Å²) in [6.45, 7) is 1.16. The summed E-state index contributed by atoms with van der Waals surface area (Å²) in [5, 5.41) is 1.53.